The molecular weight excluding hydrogens is 214 g/mol. The Morgan fingerprint density at radius 2 is 2.33 bits per heavy atom. The summed E-state index contributed by atoms with van der Waals surface area (Å²) in [4.78, 5) is 3.86. The molecule has 1 N–H and O–H groups in total. The number of aromatic nitrogens is 1. The first-order valence-electron chi connectivity index (χ1n) is 4.43. The molecule has 0 unspecified atom stereocenters. The average Bonchev–Trinajstić information content (AvgIpc) is 2.26. The van der Waals surface area contributed by atoms with Gasteiger partial charge in [-0.15, -0.1) is 0 Å². The van der Waals surface area contributed by atoms with Gasteiger partial charge in [0.05, 0.1) is 6.07 Å². The van der Waals surface area contributed by atoms with Gasteiger partial charge in [-0.1, -0.05) is 0 Å². The first-order valence-corrected chi connectivity index (χ1v) is 5.92. The van der Waals surface area contributed by atoms with Crippen LogP contribution in [0, 0.1) is 11.3 Å². The molecule has 0 aliphatic carbocycles. The minimum absolute atomic E-state index is 0.141. The molecule has 0 saturated carbocycles. The number of nitriles is 1. The maximum absolute atomic E-state index is 11.6. The number of hydrogen-bond donors (Lipinski definition) is 1. The molecule has 1 heterocycles. The van der Waals surface area contributed by atoms with E-state index in [1.165, 1.54) is 18.5 Å². The third-order valence-electron chi connectivity index (χ3n) is 1.70. The molecule has 0 radical (unpaired) electrons. The third-order valence-corrected chi connectivity index (χ3v) is 3.15. The Balaban J connectivity index is 2.58. The van der Waals surface area contributed by atoms with Crippen LogP contribution in [0.2, 0.25) is 0 Å². The molecule has 0 spiro atoms. The maximum Gasteiger partial charge on any atom is 0.242 e. The number of hydrogen-bond acceptors (Lipinski definition) is 4. The number of pyridine rings is 1. The van der Waals surface area contributed by atoms with Gasteiger partial charge in [-0.3, -0.25) is 4.98 Å². The van der Waals surface area contributed by atoms with E-state index in [9.17, 15) is 8.42 Å². The van der Waals surface area contributed by atoms with Crippen LogP contribution in [-0.4, -0.2) is 19.9 Å². The van der Waals surface area contributed by atoms with Crippen LogP contribution < -0.4 is 4.72 Å². The lowest BCUT2D eigenvalue weighted by Crippen LogP contribution is -2.24. The summed E-state index contributed by atoms with van der Waals surface area (Å²) < 4.78 is 25.5. The Morgan fingerprint density at radius 1 is 1.53 bits per heavy atom. The highest BCUT2D eigenvalue weighted by Crippen LogP contribution is 2.04. The summed E-state index contributed by atoms with van der Waals surface area (Å²) in [6.07, 6.45) is 3.65. The molecule has 0 saturated heterocycles. The summed E-state index contributed by atoms with van der Waals surface area (Å²) in [7, 11) is -3.46. The van der Waals surface area contributed by atoms with Crippen molar-refractivity contribution in [2.75, 3.05) is 6.54 Å². The van der Waals surface area contributed by atoms with E-state index in [1.807, 2.05) is 6.07 Å². The molecule has 1 rings (SSSR count). The van der Waals surface area contributed by atoms with Gasteiger partial charge in [0.1, 0.15) is 4.90 Å². The van der Waals surface area contributed by atoms with Crippen molar-refractivity contribution in [1.29, 1.82) is 5.26 Å². The van der Waals surface area contributed by atoms with E-state index >= 15 is 0 Å². The van der Waals surface area contributed by atoms with Gasteiger partial charge in [-0.2, -0.15) is 5.26 Å². The standard InChI is InChI=1S/C9H11N3O2S/c10-5-1-2-7-12-15(13,14)9-4-3-6-11-8-9/h3-4,6,8,12H,1-2,7H2. The quantitative estimate of drug-likeness (QED) is 0.746. The van der Waals surface area contributed by atoms with Crippen molar-refractivity contribution in [2.24, 2.45) is 0 Å². The summed E-state index contributed by atoms with van der Waals surface area (Å²) in [5.41, 5.74) is 0. The molecule has 0 bridgehead atoms. The minimum atomic E-state index is -3.46. The van der Waals surface area contributed by atoms with Crippen molar-refractivity contribution in [2.45, 2.75) is 17.7 Å². The molecule has 1 aromatic rings. The normalized spacial score (nSPS) is 10.9. The third kappa shape index (κ3) is 3.65. The summed E-state index contributed by atoms with van der Waals surface area (Å²) in [5.74, 6) is 0. The van der Waals surface area contributed by atoms with Crippen molar-refractivity contribution >= 4 is 10.0 Å². The molecule has 0 aromatic carbocycles. The molecule has 1 aromatic heterocycles. The second-order valence-electron chi connectivity index (χ2n) is 2.85. The van der Waals surface area contributed by atoms with Crippen molar-refractivity contribution in [3.8, 4) is 6.07 Å². The number of nitrogens with zero attached hydrogens (tertiary/aromatic N) is 2. The fourth-order valence-corrected chi connectivity index (χ4v) is 2.00. The predicted octanol–water partition coefficient (Wildman–Crippen LogP) is 0.664. The monoisotopic (exact) mass is 225 g/mol. The molecule has 0 atom stereocenters. The van der Waals surface area contributed by atoms with Crippen LogP contribution in [0.25, 0.3) is 0 Å². The maximum atomic E-state index is 11.6. The summed E-state index contributed by atoms with van der Waals surface area (Å²) >= 11 is 0. The van der Waals surface area contributed by atoms with Gasteiger partial charge < -0.3 is 0 Å². The first-order chi connectivity index (χ1) is 7.17. The van der Waals surface area contributed by atoms with Crippen molar-refractivity contribution < 1.29 is 8.42 Å². The van der Waals surface area contributed by atoms with E-state index in [4.69, 9.17) is 5.26 Å². The lowest BCUT2D eigenvalue weighted by Gasteiger charge is -2.04. The highest BCUT2D eigenvalue weighted by Gasteiger charge is 2.12. The first kappa shape index (κ1) is 11.6. The van der Waals surface area contributed by atoms with Gasteiger partial charge in [0.15, 0.2) is 0 Å². The Labute approximate surface area is 88.8 Å². The van der Waals surface area contributed by atoms with Crippen LogP contribution in [0.3, 0.4) is 0 Å². The van der Waals surface area contributed by atoms with Crippen molar-refractivity contribution in [3.05, 3.63) is 24.5 Å². The number of nitrogens with one attached hydrogen (secondary N) is 1. The SMILES string of the molecule is N#CCCCNS(=O)(=O)c1cccnc1. The fourth-order valence-electron chi connectivity index (χ4n) is 0.963. The highest BCUT2D eigenvalue weighted by atomic mass is 32.2. The molecule has 0 aliphatic heterocycles. The Kier molecular flexibility index (Phi) is 4.21. The van der Waals surface area contributed by atoms with Gasteiger partial charge in [0.2, 0.25) is 10.0 Å². The van der Waals surface area contributed by atoms with Crippen LogP contribution in [0.1, 0.15) is 12.8 Å². The second kappa shape index (κ2) is 5.44. The van der Waals surface area contributed by atoms with E-state index in [-0.39, 0.29) is 11.4 Å². The average molecular weight is 225 g/mol. The van der Waals surface area contributed by atoms with Crippen molar-refractivity contribution in [3.63, 3.8) is 0 Å². The van der Waals surface area contributed by atoms with E-state index in [2.05, 4.69) is 9.71 Å². The molecule has 0 aliphatic rings. The fraction of sp³-hybridized carbons (Fsp3) is 0.333. The van der Waals surface area contributed by atoms with Crippen LogP contribution in [0.15, 0.2) is 29.4 Å². The van der Waals surface area contributed by atoms with Gasteiger partial charge in [-0.05, 0) is 18.6 Å². The number of unbranched alkanes of at least 4 members (excludes halogenated alkanes) is 1. The molecule has 0 amide bonds. The van der Waals surface area contributed by atoms with Crippen LogP contribution >= 0.6 is 0 Å². The number of rotatable bonds is 5. The highest BCUT2D eigenvalue weighted by molar-refractivity contribution is 7.89. The van der Waals surface area contributed by atoms with Gasteiger partial charge in [-0.25, -0.2) is 13.1 Å². The smallest absolute Gasteiger partial charge is 0.242 e. The zero-order valence-corrected chi connectivity index (χ0v) is 8.87. The van der Waals surface area contributed by atoms with Crippen molar-refractivity contribution in [1.82, 2.24) is 9.71 Å². The van der Waals surface area contributed by atoms with Crippen LogP contribution in [0.5, 0.6) is 0 Å². The molecule has 6 heteroatoms. The van der Waals surface area contributed by atoms with Gasteiger partial charge in [0, 0.05) is 25.4 Å². The van der Waals surface area contributed by atoms with Crippen LogP contribution in [0.4, 0.5) is 0 Å². The predicted molar refractivity (Wildman–Crippen MR) is 54.3 cm³/mol. The topological polar surface area (TPSA) is 82.9 Å². The summed E-state index contributed by atoms with van der Waals surface area (Å²) in [5, 5.41) is 8.28. The Bertz CT molecular complexity index is 436. The zero-order chi connectivity index (χ0) is 11.1. The molecule has 5 nitrogen and oxygen atoms in total. The number of sulfonamides is 1. The molecule has 15 heavy (non-hydrogen) atoms. The second-order valence-corrected chi connectivity index (χ2v) is 4.62. The minimum Gasteiger partial charge on any atom is -0.263 e. The van der Waals surface area contributed by atoms with Gasteiger partial charge >= 0.3 is 0 Å². The largest absolute Gasteiger partial charge is 0.263 e. The van der Waals surface area contributed by atoms with E-state index in [1.54, 1.807) is 6.07 Å². The molecular formula is C9H11N3O2S. The van der Waals surface area contributed by atoms with Crippen LogP contribution in [-0.2, 0) is 10.0 Å². The van der Waals surface area contributed by atoms with E-state index < -0.39 is 10.0 Å². The zero-order valence-electron chi connectivity index (χ0n) is 8.05. The molecule has 80 valence electrons. The van der Waals surface area contributed by atoms with E-state index in [0.29, 0.717) is 12.8 Å². The summed E-state index contributed by atoms with van der Waals surface area (Å²) in [6.45, 7) is 0.269. The lowest BCUT2D eigenvalue weighted by molar-refractivity contribution is 0.579. The lowest BCUT2D eigenvalue weighted by atomic mass is 10.3. The molecule has 0 fully saturated rings. The van der Waals surface area contributed by atoms with Gasteiger partial charge in [0.25, 0.3) is 0 Å². The Hall–Kier alpha value is -1.45. The van der Waals surface area contributed by atoms with E-state index in [0.717, 1.165) is 0 Å². The Morgan fingerprint density at radius 3 is 2.93 bits per heavy atom. The summed E-state index contributed by atoms with van der Waals surface area (Å²) in [6, 6.07) is 4.98.